The van der Waals surface area contributed by atoms with E-state index >= 15 is 0 Å². The number of fused-ring (bicyclic) bond motifs is 1. The van der Waals surface area contributed by atoms with Gasteiger partial charge in [-0.3, -0.25) is 9.59 Å². The lowest BCUT2D eigenvalue weighted by atomic mass is 10.0. The number of anilines is 1. The van der Waals surface area contributed by atoms with Crippen LogP contribution >= 0.6 is 11.8 Å². The van der Waals surface area contributed by atoms with Crippen molar-refractivity contribution in [1.29, 1.82) is 0 Å². The van der Waals surface area contributed by atoms with Gasteiger partial charge in [-0.1, -0.05) is 24.3 Å². The lowest BCUT2D eigenvalue weighted by Gasteiger charge is -2.17. The third-order valence-corrected chi connectivity index (χ3v) is 5.18. The molecule has 4 nitrogen and oxygen atoms in total. The van der Waals surface area contributed by atoms with E-state index in [4.69, 9.17) is 0 Å². The molecular weight excluding hydrogens is 320 g/mol. The molecule has 5 heteroatoms. The summed E-state index contributed by atoms with van der Waals surface area (Å²) < 4.78 is 0. The van der Waals surface area contributed by atoms with E-state index in [1.165, 1.54) is 0 Å². The van der Waals surface area contributed by atoms with Crippen molar-refractivity contribution in [2.75, 3.05) is 11.1 Å². The van der Waals surface area contributed by atoms with E-state index in [-0.39, 0.29) is 17.9 Å². The summed E-state index contributed by atoms with van der Waals surface area (Å²) in [7, 11) is 0. The topological polar surface area (TPSA) is 58.2 Å². The van der Waals surface area contributed by atoms with Crippen LogP contribution in [0.5, 0.6) is 0 Å². The van der Waals surface area contributed by atoms with Crippen LogP contribution in [0.15, 0.2) is 47.4 Å². The highest BCUT2D eigenvalue weighted by molar-refractivity contribution is 7.99. The summed E-state index contributed by atoms with van der Waals surface area (Å²) in [6.45, 7) is 4.01. The molecule has 0 bridgehead atoms. The second kappa shape index (κ2) is 7.09. The number of amides is 2. The fourth-order valence-corrected chi connectivity index (χ4v) is 3.73. The average Bonchev–Trinajstić information content (AvgIpc) is 2.74. The molecule has 0 fully saturated rings. The van der Waals surface area contributed by atoms with Crippen LogP contribution in [0, 0.1) is 6.92 Å². The number of carbonyl (C=O) groups excluding carboxylic acids is 2. The van der Waals surface area contributed by atoms with Crippen LogP contribution in [-0.4, -0.2) is 17.6 Å². The summed E-state index contributed by atoms with van der Waals surface area (Å²) in [6, 6.07) is 13.4. The second-order valence-corrected chi connectivity index (χ2v) is 7.05. The van der Waals surface area contributed by atoms with Crippen molar-refractivity contribution in [3.63, 3.8) is 0 Å². The van der Waals surface area contributed by atoms with E-state index in [9.17, 15) is 9.59 Å². The predicted octanol–water partition coefficient (Wildman–Crippen LogP) is 3.92. The molecule has 0 spiro atoms. The first-order valence-corrected chi connectivity index (χ1v) is 8.96. The lowest BCUT2D eigenvalue weighted by Crippen LogP contribution is -2.27. The van der Waals surface area contributed by atoms with Crippen LogP contribution in [-0.2, 0) is 4.79 Å². The van der Waals surface area contributed by atoms with Crippen molar-refractivity contribution in [3.8, 4) is 0 Å². The minimum atomic E-state index is -0.142. The van der Waals surface area contributed by atoms with Gasteiger partial charge in [0, 0.05) is 22.6 Å². The summed E-state index contributed by atoms with van der Waals surface area (Å²) in [4.78, 5) is 25.3. The minimum Gasteiger partial charge on any atom is -0.346 e. The summed E-state index contributed by atoms with van der Waals surface area (Å²) in [5.41, 5.74) is 3.52. The Morgan fingerprint density at radius 2 is 2.04 bits per heavy atom. The van der Waals surface area contributed by atoms with E-state index in [0.29, 0.717) is 12.0 Å². The monoisotopic (exact) mass is 340 g/mol. The Balaban J connectivity index is 1.78. The van der Waals surface area contributed by atoms with E-state index in [0.717, 1.165) is 27.5 Å². The van der Waals surface area contributed by atoms with Gasteiger partial charge in [-0.15, -0.1) is 11.8 Å². The van der Waals surface area contributed by atoms with Gasteiger partial charge in [-0.2, -0.15) is 0 Å². The van der Waals surface area contributed by atoms with Crippen LogP contribution in [0.3, 0.4) is 0 Å². The maximum atomic E-state index is 12.6. The van der Waals surface area contributed by atoms with Crippen molar-refractivity contribution in [3.05, 3.63) is 59.2 Å². The molecule has 0 radical (unpaired) electrons. The van der Waals surface area contributed by atoms with Gasteiger partial charge >= 0.3 is 0 Å². The third-order valence-electron chi connectivity index (χ3n) is 4.11. The van der Waals surface area contributed by atoms with Crippen molar-refractivity contribution in [2.24, 2.45) is 0 Å². The number of hydrogen-bond acceptors (Lipinski definition) is 3. The average molecular weight is 340 g/mol. The van der Waals surface area contributed by atoms with Crippen molar-refractivity contribution < 1.29 is 9.59 Å². The van der Waals surface area contributed by atoms with E-state index in [2.05, 4.69) is 10.6 Å². The zero-order chi connectivity index (χ0) is 17.1. The minimum absolute atomic E-state index is 0.00733. The van der Waals surface area contributed by atoms with Crippen LogP contribution < -0.4 is 10.6 Å². The smallest absolute Gasteiger partial charge is 0.251 e. The first-order valence-electron chi connectivity index (χ1n) is 7.97. The largest absolute Gasteiger partial charge is 0.346 e. The van der Waals surface area contributed by atoms with Crippen molar-refractivity contribution >= 4 is 29.3 Å². The number of carbonyl (C=O) groups is 2. The molecule has 2 amide bonds. The van der Waals surface area contributed by atoms with Crippen LogP contribution in [0.1, 0.15) is 40.9 Å². The summed E-state index contributed by atoms with van der Waals surface area (Å²) in [5, 5.41) is 5.90. The van der Waals surface area contributed by atoms with Gasteiger partial charge in [0.1, 0.15) is 0 Å². The second-order valence-electron chi connectivity index (χ2n) is 5.91. The van der Waals surface area contributed by atoms with Gasteiger partial charge < -0.3 is 10.6 Å². The third kappa shape index (κ3) is 3.62. The molecule has 3 rings (SSSR count). The molecule has 2 aromatic carbocycles. The van der Waals surface area contributed by atoms with E-state index < -0.39 is 0 Å². The Morgan fingerprint density at radius 3 is 2.83 bits per heavy atom. The molecule has 0 saturated heterocycles. The molecule has 1 aliphatic heterocycles. The fourth-order valence-electron chi connectivity index (χ4n) is 2.79. The van der Waals surface area contributed by atoms with Crippen molar-refractivity contribution in [2.45, 2.75) is 31.2 Å². The Hall–Kier alpha value is -2.27. The number of rotatable bonds is 3. The molecule has 0 unspecified atom stereocenters. The van der Waals surface area contributed by atoms with Crippen molar-refractivity contribution in [1.82, 2.24) is 5.32 Å². The molecule has 0 aromatic heterocycles. The quantitative estimate of drug-likeness (QED) is 0.890. The Bertz CT molecular complexity index is 789. The summed E-state index contributed by atoms with van der Waals surface area (Å²) >= 11 is 1.63. The zero-order valence-electron chi connectivity index (χ0n) is 13.8. The molecule has 1 heterocycles. The molecule has 1 atom stereocenters. The molecule has 1 aliphatic rings. The highest BCUT2D eigenvalue weighted by Crippen LogP contribution is 2.31. The molecule has 2 aromatic rings. The highest BCUT2D eigenvalue weighted by Gasteiger charge is 2.17. The van der Waals surface area contributed by atoms with Gasteiger partial charge in [0.05, 0.1) is 11.7 Å². The highest BCUT2D eigenvalue weighted by atomic mass is 32.2. The molecule has 124 valence electrons. The van der Waals surface area contributed by atoms with E-state index in [1.807, 2.05) is 50.2 Å². The van der Waals surface area contributed by atoms with Gasteiger partial charge in [0.2, 0.25) is 5.91 Å². The SMILES string of the molecule is Cc1ccccc1[C@@H](C)NC(=O)c1ccc2c(c1)NC(=O)CCS2. The number of benzene rings is 2. The molecule has 24 heavy (non-hydrogen) atoms. The lowest BCUT2D eigenvalue weighted by molar-refractivity contribution is -0.115. The Kier molecular flexibility index (Phi) is 4.90. The van der Waals surface area contributed by atoms with Crippen LogP contribution in [0.25, 0.3) is 0 Å². The van der Waals surface area contributed by atoms with Gasteiger partial charge in [-0.25, -0.2) is 0 Å². The number of thioether (sulfide) groups is 1. The first kappa shape index (κ1) is 16.6. The van der Waals surface area contributed by atoms with Gasteiger partial charge in [-0.05, 0) is 43.2 Å². The maximum Gasteiger partial charge on any atom is 0.251 e. The maximum absolute atomic E-state index is 12.6. The van der Waals surface area contributed by atoms with E-state index in [1.54, 1.807) is 17.8 Å². The number of nitrogens with one attached hydrogen (secondary N) is 2. The summed E-state index contributed by atoms with van der Waals surface area (Å²) in [5.74, 6) is 0.610. The van der Waals surface area contributed by atoms with Gasteiger partial charge in [0.25, 0.3) is 5.91 Å². The Morgan fingerprint density at radius 1 is 1.25 bits per heavy atom. The zero-order valence-corrected chi connectivity index (χ0v) is 14.6. The summed E-state index contributed by atoms with van der Waals surface area (Å²) in [6.07, 6.45) is 0.491. The predicted molar refractivity (Wildman–Crippen MR) is 97.5 cm³/mol. The number of hydrogen-bond donors (Lipinski definition) is 2. The first-order chi connectivity index (χ1) is 11.5. The molecule has 2 N–H and O–H groups in total. The number of aryl methyl sites for hydroxylation is 1. The van der Waals surface area contributed by atoms with Crippen LogP contribution in [0.2, 0.25) is 0 Å². The molecule has 0 saturated carbocycles. The standard InChI is InChI=1S/C19H20N2O2S/c1-12-5-3-4-6-15(12)13(2)20-19(23)14-7-8-17-16(11-14)21-18(22)9-10-24-17/h3-8,11,13H,9-10H2,1-2H3,(H,20,23)(H,21,22)/t13-/m1/s1. The normalized spacial score (nSPS) is 15.0. The fraction of sp³-hybridized carbons (Fsp3) is 0.263. The van der Waals surface area contributed by atoms with Crippen LogP contribution in [0.4, 0.5) is 5.69 Å². The van der Waals surface area contributed by atoms with Gasteiger partial charge in [0.15, 0.2) is 0 Å². The Labute approximate surface area is 146 Å². The molecule has 0 aliphatic carbocycles. The molecular formula is C19H20N2O2S.